The van der Waals surface area contributed by atoms with Crippen molar-refractivity contribution >= 4 is 52.0 Å². The lowest BCUT2D eigenvalue weighted by atomic mass is 9.98. The average molecular weight is 565 g/mol. The Balaban J connectivity index is 1.36. The molecule has 0 radical (unpaired) electrons. The van der Waals surface area contributed by atoms with Gasteiger partial charge >= 0.3 is 6.09 Å². The highest BCUT2D eigenvalue weighted by molar-refractivity contribution is 7.79. The van der Waals surface area contributed by atoms with Crippen molar-refractivity contribution in [3.05, 3.63) is 118 Å². The van der Waals surface area contributed by atoms with Crippen molar-refractivity contribution in [3.8, 4) is 11.1 Å². The minimum atomic E-state index is -1.42. The number of nitro groups is 1. The van der Waals surface area contributed by atoms with Gasteiger partial charge in [0.25, 0.3) is 11.6 Å². The van der Waals surface area contributed by atoms with E-state index in [0.717, 1.165) is 37.2 Å². The molecule has 0 spiro atoms. The lowest BCUT2D eigenvalue weighted by Gasteiger charge is -2.28. The fourth-order valence-corrected chi connectivity index (χ4v) is 5.27. The van der Waals surface area contributed by atoms with Crippen molar-refractivity contribution in [2.75, 3.05) is 11.5 Å². The number of non-ortho nitro benzene ring substituents is 1. The molecule has 1 aliphatic rings. The number of thiocarbonyl (C=S) groups is 1. The molecule has 0 N–H and O–H groups in total. The molecule has 0 aliphatic heterocycles. The van der Waals surface area contributed by atoms with E-state index in [2.05, 4.69) is 10.3 Å². The summed E-state index contributed by atoms with van der Waals surface area (Å²) in [7, 11) is 0. The molecule has 2 atom stereocenters. The predicted molar refractivity (Wildman–Crippen MR) is 156 cm³/mol. The summed E-state index contributed by atoms with van der Waals surface area (Å²) >= 11 is 5.22. The molecule has 0 bridgehead atoms. The zero-order chi connectivity index (χ0) is 29.4. The van der Waals surface area contributed by atoms with Gasteiger partial charge in [0.05, 0.1) is 6.29 Å². The van der Waals surface area contributed by atoms with Crippen LogP contribution in [0.2, 0.25) is 0 Å². The summed E-state index contributed by atoms with van der Waals surface area (Å²) in [5.74, 6) is -1.34. The topological polar surface area (TPSA) is 120 Å². The number of nitrogens with zero attached hydrogens (tertiary/aromatic N) is 5. The van der Waals surface area contributed by atoms with Crippen LogP contribution in [0, 0.1) is 10.1 Å². The van der Waals surface area contributed by atoms with Gasteiger partial charge < -0.3 is 4.74 Å². The van der Waals surface area contributed by atoms with Gasteiger partial charge in [0.1, 0.15) is 23.7 Å². The van der Waals surface area contributed by atoms with Gasteiger partial charge in [0.15, 0.2) is 0 Å². The first-order valence-corrected chi connectivity index (χ1v) is 13.0. The Morgan fingerprint density at radius 3 is 2.29 bits per heavy atom. The summed E-state index contributed by atoms with van der Waals surface area (Å²) in [6, 6.07) is 26.0. The van der Waals surface area contributed by atoms with Gasteiger partial charge in [-0.2, -0.15) is 4.68 Å². The van der Waals surface area contributed by atoms with Crippen LogP contribution >= 0.6 is 12.2 Å². The number of benzene rings is 4. The van der Waals surface area contributed by atoms with Crippen molar-refractivity contribution in [3.63, 3.8) is 0 Å². The van der Waals surface area contributed by atoms with Crippen LogP contribution in [-0.4, -0.2) is 49.9 Å². The Morgan fingerprint density at radius 1 is 1.02 bits per heavy atom. The maximum Gasteiger partial charge on any atom is 0.415 e. The zero-order valence-electron chi connectivity index (χ0n) is 22.2. The summed E-state index contributed by atoms with van der Waals surface area (Å²) in [5, 5.41) is 20.3. The number of fused-ring (bicyclic) bond motifs is 4. The Morgan fingerprint density at radius 2 is 1.66 bits per heavy atom. The lowest BCUT2D eigenvalue weighted by molar-refractivity contribution is -0.384. The van der Waals surface area contributed by atoms with E-state index in [1.165, 1.54) is 18.2 Å². The van der Waals surface area contributed by atoms with E-state index in [0.29, 0.717) is 0 Å². The molecular formula is C30H21N5O5S. The number of carbonyl (C=O) groups is 2. The molecule has 1 aliphatic carbocycles. The molecule has 1 aromatic heterocycles. The van der Waals surface area contributed by atoms with Crippen molar-refractivity contribution in [2.45, 2.75) is 12.0 Å². The summed E-state index contributed by atoms with van der Waals surface area (Å²) in [6.07, 6.45) is -0.974. The van der Waals surface area contributed by atoms with E-state index < -0.39 is 35.5 Å². The molecule has 0 saturated carbocycles. The van der Waals surface area contributed by atoms with Crippen molar-refractivity contribution in [1.82, 2.24) is 15.0 Å². The Kier molecular flexibility index (Phi) is 6.45. The molecule has 1 amide bonds. The standard InChI is InChI=1S/C30H21N5O5S/c36-29(34-27-16-20(35(38)39)14-15-26(27)31-32-34)28(18-41)33(19-8-2-1-3-9-19)30(37)40-17-25-23-12-6-4-10-21(23)22-11-5-7-13-24(22)25/h1-16,18,25,28H,17H2/t28-/m0/s1/i17D/t17?,28-. The van der Waals surface area contributed by atoms with Crippen LogP contribution in [-0.2, 0) is 4.74 Å². The molecule has 6 rings (SSSR count). The third-order valence-electron chi connectivity index (χ3n) is 6.93. The minimum absolute atomic E-state index is 0.0787. The number of hydrogen-bond donors (Lipinski definition) is 0. The predicted octanol–water partition coefficient (Wildman–Crippen LogP) is 5.80. The number of ether oxygens (including phenoxy) is 1. The van der Waals surface area contributed by atoms with Crippen LogP contribution in [0.15, 0.2) is 97.1 Å². The number of hydrogen-bond acceptors (Lipinski definition) is 8. The number of aromatic nitrogens is 3. The molecule has 4 aromatic carbocycles. The highest BCUT2D eigenvalue weighted by Crippen LogP contribution is 2.44. The molecule has 1 unspecified atom stereocenters. The third-order valence-corrected chi connectivity index (χ3v) is 7.18. The van der Waals surface area contributed by atoms with Gasteiger partial charge in [0, 0.05) is 29.1 Å². The van der Waals surface area contributed by atoms with Gasteiger partial charge in [-0.15, -0.1) is 5.10 Å². The van der Waals surface area contributed by atoms with Gasteiger partial charge in [-0.1, -0.05) is 84.2 Å². The van der Waals surface area contributed by atoms with E-state index in [1.807, 2.05) is 48.5 Å². The zero-order valence-corrected chi connectivity index (χ0v) is 22.0. The van der Waals surface area contributed by atoms with Gasteiger partial charge in [-0.3, -0.25) is 19.8 Å². The number of anilines is 1. The van der Waals surface area contributed by atoms with Crippen molar-refractivity contribution < 1.29 is 20.6 Å². The van der Waals surface area contributed by atoms with E-state index in [1.54, 1.807) is 30.3 Å². The highest BCUT2D eigenvalue weighted by Gasteiger charge is 2.35. The molecule has 5 aromatic rings. The van der Waals surface area contributed by atoms with E-state index >= 15 is 0 Å². The fraction of sp³-hybridized carbons (Fsp3) is 0.100. The van der Waals surface area contributed by atoms with E-state index in [9.17, 15) is 19.7 Å². The van der Waals surface area contributed by atoms with Crippen LogP contribution in [0.1, 0.15) is 23.2 Å². The Labute approximate surface area is 240 Å². The van der Waals surface area contributed by atoms with Crippen LogP contribution in [0.5, 0.6) is 0 Å². The third kappa shape index (κ3) is 4.61. The van der Waals surface area contributed by atoms with Gasteiger partial charge in [0.2, 0.25) is 0 Å². The molecule has 0 fully saturated rings. The molecule has 10 nitrogen and oxygen atoms in total. The second-order valence-electron chi connectivity index (χ2n) is 9.23. The molecule has 202 valence electrons. The number of rotatable bonds is 7. The molecule has 1 heterocycles. The van der Waals surface area contributed by atoms with Crippen LogP contribution in [0.25, 0.3) is 22.2 Å². The first kappa shape index (κ1) is 24.7. The second kappa shape index (κ2) is 10.7. The average Bonchev–Trinajstić information content (AvgIpc) is 3.59. The first-order chi connectivity index (χ1) is 20.4. The van der Waals surface area contributed by atoms with Crippen molar-refractivity contribution in [2.24, 2.45) is 0 Å². The molecule has 41 heavy (non-hydrogen) atoms. The number of amides is 1. The summed E-state index contributed by atoms with van der Waals surface area (Å²) in [5.41, 5.74) is 4.00. The SMILES string of the molecule is [2H]C(OC(=O)N(c1ccccc1)[C@@H](C=S)C(=O)n1nnc2ccc([N+](=O)[O-])cc21)C1c2ccccc2-c2ccccc21. The summed E-state index contributed by atoms with van der Waals surface area (Å²) in [6.45, 7) is -1.36. The van der Waals surface area contributed by atoms with Crippen molar-refractivity contribution in [1.29, 1.82) is 0 Å². The highest BCUT2D eigenvalue weighted by atomic mass is 32.1. The number of para-hydroxylation sites is 1. The van der Waals surface area contributed by atoms with E-state index in [4.69, 9.17) is 18.3 Å². The molecule has 0 saturated heterocycles. The fourth-order valence-electron chi connectivity index (χ4n) is 5.03. The Bertz CT molecular complexity index is 1820. The second-order valence-corrected chi connectivity index (χ2v) is 9.50. The van der Waals surface area contributed by atoms with E-state index in [-0.39, 0.29) is 22.4 Å². The van der Waals surface area contributed by atoms with Crippen LogP contribution in [0.3, 0.4) is 0 Å². The maximum atomic E-state index is 13.8. The monoisotopic (exact) mass is 564 g/mol. The smallest absolute Gasteiger partial charge is 0.415 e. The number of nitro benzene ring substituents is 1. The minimum Gasteiger partial charge on any atom is -0.448 e. The quantitative estimate of drug-likeness (QED) is 0.138. The van der Waals surface area contributed by atoms with Crippen LogP contribution in [0.4, 0.5) is 16.2 Å². The first-order valence-electron chi connectivity index (χ1n) is 13.1. The summed E-state index contributed by atoms with van der Waals surface area (Å²) in [4.78, 5) is 39.5. The van der Waals surface area contributed by atoms with Gasteiger partial charge in [-0.05, 0) is 40.5 Å². The maximum absolute atomic E-state index is 13.8. The molecular weight excluding hydrogens is 542 g/mol. The lowest BCUT2D eigenvalue weighted by Crippen LogP contribution is -2.48. The molecule has 11 heteroatoms. The Hall–Kier alpha value is -5.29. The normalized spacial score (nSPS) is 13.9. The summed E-state index contributed by atoms with van der Waals surface area (Å²) < 4.78 is 15.6. The van der Waals surface area contributed by atoms with Crippen LogP contribution < -0.4 is 4.90 Å². The largest absolute Gasteiger partial charge is 0.448 e. The number of carbonyl (C=O) groups excluding carboxylic acids is 2. The van der Waals surface area contributed by atoms with Gasteiger partial charge in [-0.25, -0.2) is 4.79 Å².